The van der Waals surface area contributed by atoms with E-state index in [-0.39, 0.29) is 37.1 Å². The molecule has 1 aliphatic heterocycles. The standard InChI is InChI=1S/C15H22N6O3/c1-3-16-11-8-10(2)19-15(20-11)18-7-6-17-12(22)9-21-13(23)4-5-14(21)24/h8H,3-7,9H2,1-2H3,(H,17,22)(H2,16,18,19,20). The van der Waals surface area contributed by atoms with Crippen molar-refractivity contribution in [1.82, 2.24) is 20.2 Å². The molecule has 1 fully saturated rings. The van der Waals surface area contributed by atoms with Gasteiger partial charge in [-0.3, -0.25) is 19.3 Å². The quantitative estimate of drug-likeness (QED) is 0.449. The predicted octanol–water partition coefficient (Wildman–Crippen LogP) is -0.106. The van der Waals surface area contributed by atoms with Crippen LogP contribution in [0, 0.1) is 6.92 Å². The highest BCUT2D eigenvalue weighted by Gasteiger charge is 2.30. The van der Waals surface area contributed by atoms with Crippen LogP contribution in [0.2, 0.25) is 0 Å². The van der Waals surface area contributed by atoms with Crippen LogP contribution in [0.15, 0.2) is 6.07 Å². The summed E-state index contributed by atoms with van der Waals surface area (Å²) in [6, 6.07) is 1.85. The van der Waals surface area contributed by atoms with Gasteiger partial charge in [-0.2, -0.15) is 4.98 Å². The van der Waals surface area contributed by atoms with E-state index in [1.807, 2.05) is 19.9 Å². The highest BCUT2D eigenvalue weighted by atomic mass is 16.2. The molecule has 0 saturated carbocycles. The zero-order valence-corrected chi connectivity index (χ0v) is 13.9. The molecular formula is C15H22N6O3. The lowest BCUT2D eigenvalue weighted by Gasteiger charge is -2.13. The van der Waals surface area contributed by atoms with Crippen molar-refractivity contribution in [2.24, 2.45) is 0 Å². The van der Waals surface area contributed by atoms with Crippen molar-refractivity contribution in [3.05, 3.63) is 11.8 Å². The summed E-state index contributed by atoms with van der Waals surface area (Å²) in [6.07, 6.45) is 0.374. The number of aromatic nitrogens is 2. The van der Waals surface area contributed by atoms with E-state index in [0.29, 0.717) is 19.0 Å². The molecule has 0 spiro atoms. The predicted molar refractivity (Wildman–Crippen MR) is 88.4 cm³/mol. The van der Waals surface area contributed by atoms with E-state index in [1.54, 1.807) is 0 Å². The van der Waals surface area contributed by atoms with Crippen molar-refractivity contribution >= 4 is 29.5 Å². The van der Waals surface area contributed by atoms with Crippen LogP contribution in [-0.4, -0.2) is 58.8 Å². The fourth-order valence-corrected chi connectivity index (χ4v) is 2.29. The van der Waals surface area contributed by atoms with Gasteiger partial charge in [0.25, 0.3) is 0 Å². The molecule has 0 aromatic carbocycles. The molecule has 9 heteroatoms. The molecule has 0 atom stereocenters. The number of rotatable bonds is 8. The van der Waals surface area contributed by atoms with Crippen molar-refractivity contribution in [1.29, 1.82) is 0 Å². The lowest BCUT2D eigenvalue weighted by atomic mass is 10.4. The number of carbonyl (C=O) groups is 3. The Kier molecular flexibility index (Phi) is 6.05. The summed E-state index contributed by atoms with van der Waals surface area (Å²) in [5.41, 5.74) is 0.832. The van der Waals surface area contributed by atoms with Gasteiger partial charge in [-0.1, -0.05) is 0 Å². The Hall–Kier alpha value is -2.71. The minimum Gasteiger partial charge on any atom is -0.370 e. The van der Waals surface area contributed by atoms with E-state index in [4.69, 9.17) is 0 Å². The molecule has 1 aromatic rings. The van der Waals surface area contributed by atoms with Gasteiger partial charge in [-0.05, 0) is 13.8 Å². The van der Waals surface area contributed by atoms with Crippen LogP contribution in [-0.2, 0) is 14.4 Å². The second kappa shape index (κ2) is 8.23. The van der Waals surface area contributed by atoms with Gasteiger partial charge in [-0.25, -0.2) is 4.98 Å². The lowest BCUT2D eigenvalue weighted by molar-refractivity contribution is -0.142. The first-order chi connectivity index (χ1) is 11.5. The van der Waals surface area contributed by atoms with Gasteiger partial charge < -0.3 is 16.0 Å². The molecule has 0 radical (unpaired) electrons. The van der Waals surface area contributed by atoms with Gasteiger partial charge in [0.2, 0.25) is 23.7 Å². The number of aryl methyl sites for hydroxylation is 1. The number of amides is 3. The minimum atomic E-state index is -0.362. The molecule has 2 heterocycles. The number of imide groups is 1. The average Bonchev–Trinajstić information content (AvgIpc) is 2.83. The molecule has 24 heavy (non-hydrogen) atoms. The number of nitrogens with one attached hydrogen (secondary N) is 3. The van der Waals surface area contributed by atoms with E-state index < -0.39 is 0 Å². The maximum absolute atomic E-state index is 11.8. The first-order valence-electron chi connectivity index (χ1n) is 7.93. The molecule has 3 N–H and O–H groups in total. The van der Waals surface area contributed by atoms with Gasteiger partial charge in [-0.15, -0.1) is 0 Å². The lowest BCUT2D eigenvalue weighted by Crippen LogP contribution is -2.41. The number of hydrogen-bond donors (Lipinski definition) is 3. The fraction of sp³-hybridized carbons (Fsp3) is 0.533. The van der Waals surface area contributed by atoms with Crippen LogP contribution in [0.5, 0.6) is 0 Å². The van der Waals surface area contributed by atoms with Crippen molar-refractivity contribution in [3.8, 4) is 0 Å². The van der Waals surface area contributed by atoms with Gasteiger partial charge in [0.15, 0.2) is 0 Å². The van der Waals surface area contributed by atoms with Crippen LogP contribution >= 0.6 is 0 Å². The van der Waals surface area contributed by atoms with Gasteiger partial charge in [0.1, 0.15) is 12.4 Å². The highest BCUT2D eigenvalue weighted by Crippen LogP contribution is 2.10. The number of hydrogen-bond acceptors (Lipinski definition) is 7. The Morgan fingerprint density at radius 2 is 1.88 bits per heavy atom. The summed E-state index contributed by atoms with van der Waals surface area (Å²) in [5, 5.41) is 8.80. The third kappa shape index (κ3) is 4.90. The molecule has 0 bridgehead atoms. The molecule has 0 aliphatic carbocycles. The van der Waals surface area contributed by atoms with Crippen molar-refractivity contribution in [2.75, 3.05) is 36.8 Å². The molecule has 0 unspecified atom stereocenters. The normalized spacial score (nSPS) is 14.0. The molecule has 130 valence electrons. The number of anilines is 2. The molecule has 1 saturated heterocycles. The third-order valence-electron chi connectivity index (χ3n) is 3.40. The largest absolute Gasteiger partial charge is 0.370 e. The zero-order chi connectivity index (χ0) is 17.5. The van der Waals surface area contributed by atoms with Gasteiger partial charge >= 0.3 is 0 Å². The zero-order valence-electron chi connectivity index (χ0n) is 13.9. The first kappa shape index (κ1) is 17.6. The second-order valence-electron chi connectivity index (χ2n) is 5.40. The third-order valence-corrected chi connectivity index (χ3v) is 3.40. The topological polar surface area (TPSA) is 116 Å². The van der Waals surface area contributed by atoms with Gasteiger partial charge in [0, 0.05) is 44.2 Å². The van der Waals surface area contributed by atoms with Crippen LogP contribution < -0.4 is 16.0 Å². The van der Waals surface area contributed by atoms with Crippen LogP contribution in [0.4, 0.5) is 11.8 Å². The maximum atomic E-state index is 11.8. The highest BCUT2D eigenvalue weighted by molar-refractivity contribution is 6.04. The number of nitrogens with zero attached hydrogens (tertiary/aromatic N) is 3. The van der Waals surface area contributed by atoms with Crippen molar-refractivity contribution in [2.45, 2.75) is 26.7 Å². The number of carbonyl (C=O) groups excluding carboxylic acids is 3. The molecule has 3 amide bonds. The van der Waals surface area contributed by atoms with Crippen molar-refractivity contribution in [3.63, 3.8) is 0 Å². The molecular weight excluding hydrogens is 312 g/mol. The molecule has 2 rings (SSSR count). The average molecular weight is 334 g/mol. The monoisotopic (exact) mass is 334 g/mol. The Morgan fingerprint density at radius 1 is 1.17 bits per heavy atom. The van der Waals surface area contributed by atoms with Crippen molar-refractivity contribution < 1.29 is 14.4 Å². The summed E-state index contributed by atoms with van der Waals surface area (Å²) in [7, 11) is 0. The van der Waals surface area contributed by atoms with Gasteiger partial charge in [0.05, 0.1) is 0 Å². The second-order valence-corrected chi connectivity index (χ2v) is 5.40. The summed E-state index contributed by atoms with van der Waals surface area (Å²) in [5.74, 6) is 0.265. The molecule has 1 aromatic heterocycles. The minimum absolute atomic E-state index is 0.187. The number of likely N-dealkylation sites (tertiary alicyclic amines) is 1. The summed E-state index contributed by atoms with van der Waals surface area (Å²) < 4.78 is 0. The fourth-order valence-electron chi connectivity index (χ4n) is 2.29. The van der Waals surface area contributed by atoms with Crippen LogP contribution in [0.25, 0.3) is 0 Å². The maximum Gasteiger partial charge on any atom is 0.240 e. The SMILES string of the molecule is CCNc1cc(C)nc(NCCNC(=O)CN2C(=O)CCC2=O)n1. The Morgan fingerprint density at radius 3 is 2.54 bits per heavy atom. The molecule has 9 nitrogen and oxygen atoms in total. The Balaban J connectivity index is 1.73. The van der Waals surface area contributed by atoms with E-state index >= 15 is 0 Å². The summed E-state index contributed by atoms with van der Waals surface area (Å²) in [6.45, 7) is 5.17. The van der Waals surface area contributed by atoms with Crippen LogP contribution in [0.1, 0.15) is 25.5 Å². The van der Waals surface area contributed by atoms with E-state index in [0.717, 1.165) is 23.0 Å². The Labute approximate surface area is 140 Å². The van der Waals surface area contributed by atoms with E-state index in [1.165, 1.54) is 0 Å². The summed E-state index contributed by atoms with van der Waals surface area (Å²) >= 11 is 0. The molecule has 1 aliphatic rings. The summed E-state index contributed by atoms with van der Waals surface area (Å²) in [4.78, 5) is 44.2. The first-order valence-corrected chi connectivity index (χ1v) is 7.93. The van der Waals surface area contributed by atoms with E-state index in [2.05, 4.69) is 25.9 Å². The van der Waals surface area contributed by atoms with E-state index in [9.17, 15) is 14.4 Å². The van der Waals surface area contributed by atoms with Crippen LogP contribution in [0.3, 0.4) is 0 Å². The Bertz CT molecular complexity index is 618. The smallest absolute Gasteiger partial charge is 0.240 e.